The van der Waals surface area contributed by atoms with Gasteiger partial charge >= 0.3 is 0 Å². The molecule has 3 N–H and O–H groups in total. The molecular weight excluding hydrogens is 196 g/mol. The van der Waals surface area contributed by atoms with Gasteiger partial charge in [-0.25, -0.2) is 0 Å². The quantitative estimate of drug-likeness (QED) is 0.676. The van der Waals surface area contributed by atoms with Crippen LogP contribution in [-0.4, -0.2) is 12.2 Å². The van der Waals surface area contributed by atoms with Crippen LogP contribution in [0.4, 0.5) is 5.69 Å². The molecule has 2 atom stereocenters. The van der Waals surface area contributed by atoms with Crippen LogP contribution in [0.2, 0.25) is 0 Å². The normalized spacial score (nSPS) is 39.8. The molecule has 2 aliphatic heterocycles. The highest BCUT2D eigenvalue weighted by Crippen LogP contribution is 2.55. The molecule has 2 heterocycles. The molecule has 0 amide bonds. The van der Waals surface area contributed by atoms with Gasteiger partial charge in [0.15, 0.2) is 5.66 Å². The smallest absolute Gasteiger partial charge is 0.179 e. The van der Waals surface area contributed by atoms with Gasteiger partial charge < -0.3 is 10.6 Å². The zero-order valence-electron chi connectivity index (χ0n) is 9.63. The molecule has 1 aromatic rings. The molecule has 3 aliphatic rings. The van der Waals surface area contributed by atoms with E-state index in [-0.39, 0.29) is 0 Å². The summed E-state index contributed by atoms with van der Waals surface area (Å²) >= 11 is 0. The van der Waals surface area contributed by atoms with Crippen molar-refractivity contribution in [2.24, 2.45) is 0 Å². The van der Waals surface area contributed by atoms with Crippen molar-refractivity contribution in [2.45, 2.75) is 43.2 Å². The fourth-order valence-electron chi connectivity index (χ4n) is 4.50. The lowest BCUT2D eigenvalue weighted by Crippen LogP contribution is -2.98. The number of quaternary nitrogens is 1. The molecule has 0 radical (unpaired) electrons. The first-order valence-electron chi connectivity index (χ1n) is 6.58. The van der Waals surface area contributed by atoms with Crippen LogP contribution < -0.4 is 10.6 Å². The van der Waals surface area contributed by atoms with E-state index in [0.717, 1.165) is 0 Å². The van der Waals surface area contributed by atoms with E-state index in [4.69, 9.17) is 0 Å². The first kappa shape index (κ1) is 9.06. The Balaban J connectivity index is 1.95. The maximum absolute atomic E-state index is 3.85. The highest BCUT2D eigenvalue weighted by Gasteiger charge is 2.64. The zero-order valence-corrected chi connectivity index (χ0v) is 9.63. The van der Waals surface area contributed by atoms with Crippen molar-refractivity contribution in [3.8, 4) is 0 Å². The molecule has 1 saturated carbocycles. The van der Waals surface area contributed by atoms with E-state index in [2.05, 4.69) is 34.9 Å². The number of nitrogens with two attached hydrogens (primary N) is 1. The van der Waals surface area contributed by atoms with E-state index in [9.17, 15) is 0 Å². The summed E-state index contributed by atoms with van der Waals surface area (Å²) in [6, 6.07) is 8.98. The van der Waals surface area contributed by atoms with Crippen molar-refractivity contribution >= 4 is 5.69 Å². The van der Waals surface area contributed by atoms with Gasteiger partial charge in [-0.15, -0.1) is 0 Å². The molecular formula is C14H19N2+. The van der Waals surface area contributed by atoms with Crippen molar-refractivity contribution in [1.82, 2.24) is 0 Å². The number of hydrogen-bond donors (Lipinski definition) is 2. The first-order chi connectivity index (χ1) is 7.86. The molecule has 2 heteroatoms. The molecule has 1 saturated heterocycles. The van der Waals surface area contributed by atoms with Gasteiger partial charge in [0.25, 0.3) is 0 Å². The maximum atomic E-state index is 3.85. The molecule has 1 aliphatic carbocycles. The van der Waals surface area contributed by atoms with Crippen molar-refractivity contribution < 1.29 is 5.32 Å². The fourth-order valence-corrected chi connectivity index (χ4v) is 4.50. The van der Waals surface area contributed by atoms with Crippen LogP contribution in [0.25, 0.3) is 0 Å². The fraction of sp³-hybridized carbons (Fsp3) is 0.571. The van der Waals surface area contributed by atoms with Gasteiger partial charge in [0.1, 0.15) is 0 Å². The zero-order chi connectivity index (χ0) is 10.6. The lowest BCUT2D eigenvalue weighted by atomic mass is 9.65. The average molecular weight is 215 g/mol. The molecule has 0 aromatic heterocycles. The van der Waals surface area contributed by atoms with Gasteiger partial charge in [0, 0.05) is 18.5 Å². The molecule has 0 spiro atoms. The molecule has 2 nitrogen and oxygen atoms in total. The molecule has 84 valence electrons. The van der Waals surface area contributed by atoms with Gasteiger partial charge in [-0.2, -0.15) is 0 Å². The second-order valence-corrected chi connectivity index (χ2v) is 5.67. The largest absolute Gasteiger partial charge is 0.333 e. The molecule has 0 unspecified atom stereocenters. The summed E-state index contributed by atoms with van der Waals surface area (Å²) in [7, 11) is 0. The van der Waals surface area contributed by atoms with Crippen LogP contribution in [0.3, 0.4) is 0 Å². The summed E-state index contributed by atoms with van der Waals surface area (Å²) in [6.07, 6.45) is 6.87. The van der Waals surface area contributed by atoms with E-state index in [1.165, 1.54) is 44.3 Å². The molecule has 2 fully saturated rings. The Bertz CT molecular complexity index is 442. The van der Waals surface area contributed by atoms with E-state index in [0.29, 0.717) is 11.1 Å². The lowest BCUT2D eigenvalue weighted by molar-refractivity contribution is -0.707. The Morgan fingerprint density at radius 2 is 1.94 bits per heavy atom. The maximum Gasteiger partial charge on any atom is 0.179 e. The van der Waals surface area contributed by atoms with Crippen molar-refractivity contribution in [3.63, 3.8) is 0 Å². The Hall–Kier alpha value is -1.02. The Labute approximate surface area is 96.4 Å². The Morgan fingerprint density at radius 3 is 2.94 bits per heavy atom. The predicted octanol–water partition coefficient (Wildman–Crippen LogP) is 1.59. The number of hydrogen-bond acceptors (Lipinski definition) is 1. The third kappa shape index (κ3) is 0.844. The third-order valence-electron chi connectivity index (χ3n) is 5.14. The highest BCUT2D eigenvalue weighted by atomic mass is 15.3. The minimum atomic E-state index is 0.314. The SMILES string of the molecule is c1ccc2c(c1)N[C@@]13CCCC[C@@]21CC[NH2+]3. The first-order valence-corrected chi connectivity index (χ1v) is 6.58. The molecule has 4 rings (SSSR count). The molecule has 1 aromatic carbocycles. The summed E-state index contributed by atoms with van der Waals surface area (Å²) in [5, 5.41) is 6.42. The van der Waals surface area contributed by atoms with Gasteiger partial charge in [-0.05, 0) is 24.5 Å². The lowest BCUT2D eigenvalue weighted by Gasteiger charge is -2.41. The van der Waals surface area contributed by atoms with Crippen LogP contribution in [0, 0.1) is 0 Å². The highest BCUT2D eigenvalue weighted by molar-refractivity contribution is 5.64. The van der Waals surface area contributed by atoms with Gasteiger partial charge in [-0.3, -0.25) is 0 Å². The Morgan fingerprint density at radius 1 is 1.06 bits per heavy atom. The average Bonchev–Trinajstić information content (AvgIpc) is 2.80. The van der Waals surface area contributed by atoms with Crippen molar-refractivity contribution in [1.29, 1.82) is 0 Å². The van der Waals surface area contributed by atoms with E-state index < -0.39 is 0 Å². The summed E-state index contributed by atoms with van der Waals surface area (Å²) in [5.41, 5.74) is 3.76. The second kappa shape index (κ2) is 2.80. The van der Waals surface area contributed by atoms with Gasteiger partial charge in [0.05, 0.1) is 12.0 Å². The minimum Gasteiger partial charge on any atom is -0.333 e. The molecule has 0 bridgehead atoms. The van der Waals surface area contributed by atoms with Crippen molar-refractivity contribution in [3.05, 3.63) is 29.8 Å². The van der Waals surface area contributed by atoms with Gasteiger partial charge in [0.2, 0.25) is 0 Å². The topological polar surface area (TPSA) is 28.6 Å². The van der Waals surface area contributed by atoms with Crippen LogP contribution in [-0.2, 0) is 5.41 Å². The number of nitrogens with one attached hydrogen (secondary N) is 1. The number of fused-ring (bicyclic) bond motifs is 1. The molecule has 16 heavy (non-hydrogen) atoms. The Kier molecular flexibility index (Phi) is 1.59. The monoisotopic (exact) mass is 215 g/mol. The second-order valence-electron chi connectivity index (χ2n) is 5.67. The summed E-state index contributed by atoms with van der Waals surface area (Å²) in [5.74, 6) is 0. The van der Waals surface area contributed by atoms with Gasteiger partial charge in [-0.1, -0.05) is 24.6 Å². The number of benzene rings is 1. The summed E-state index contributed by atoms with van der Waals surface area (Å²) in [4.78, 5) is 0. The van der Waals surface area contributed by atoms with Crippen LogP contribution in [0.1, 0.15) is 37.7 Å². The van der Waals surface area contributed by atoms with Crippen LogP contribution in [0.5, 0.6) is 0 Å². The minimum absolute atomic E-state index is 0.314. The predicted molar refractivity (Wildman–Crippen MR) is 64.4 cm³/mol. The number of rotatable bonds is 0. The van der Waals surface area contributed by atoms with E-state index >= 15 is 0 Å². The van der Waals surface area contributed by atoms with Crippen LogP contribution in [0.15, 0.2) is 24.3 Å². The number of para-hydroxylation sites is 1. The van der Waals surface area contributed by atoms with E-state index in [1.807, 2.05) is 0 Å². The standard InChI is InChI=1S/C14H18N2/c1-2-6-12-11(5-1)13-7-3-4-8-14(13,16-12)15-10-9-13/h1-2,5-6,15-16H,3-4,7-10H2/p+1/t13-,14+/m1/s1. The van der Waals surface area contributed by atoms with Crippen LogP contribution >= 0.6 is 0 Å². The number of anilines is 1. The van der Waals surface area contributed by atoms with Crippen molar-refractivity contribution in [2.75, 3.05) is 11.9 Å². The van der Waals surface area contributed by atoms with E-state index in [1.54, 1.807) is 5.56 Å². The summed E-state index contributed by atoms with van der Waals surface area (Å²) in [6.45, 7) is 1.29. The summed E-state index contributed by atoms with van der Waals surface area (Å²) < 4.78 is 0. The third-order valence-corrected chi connectivity index (χ3v) is 5.14.